The van der Waals surface area contributed by atoms with Crippen molar-refractivity contribution in [2.75, 3.05) is 0 Å². The highest BCUT2D eigenvalue weighted by molar-refractivity contribution is 6.34. The van der Waals surface area contributed by atoms with Gasteiger partial charge in [-0.2, -0.15) is 0 Å². The van der Waals surface area contributed by atoms with Gasteiger partial charge in [0.1, 0.15) is 0 Å². The molecule has 0 atom stereocenters. The van der Waals surface area contributed by atoms with E-state index in [-0.39, 0.29) is 0 Å². The fraction of sp³-hybridized carbons (Fsp3) is 0.0476. The van der Waals surface area contributed by atoms with Crippen molar-refractivity contribution in [1.29, 1.82) is 0 Å². The molecule has 2 bridgehead atoms. The lowest BCUT2D eigenvalue weighted by Gasteiger charge is -2.21. The molecule has 21 heavy (non-hydrogen) atoms. The molecule has 6 rings (SSSR count). The van der Waals surface area contributed by atoms with E-state index in [1.807, 2.05) is 0 Å². The smallest absolute Gasteiger partial charge is 0.00189 e. The van der Waals surface area contributed by atoms with E-state index in [9.17, 15) is 0 Å². The third kappa shape index (κ3) is 1.06. The molecule has 0 aromatic heterocycles. The zero-order valence-electron chi connectivity index (χ0n) is 11.5. The van der Waals surface area contributed by atoms with Crippen LogP contribution in [-0.4, -0.2) is 0 Å². The minimum atomic E-state index is 1.06. The van der Waals surface area contributed by atoms with Crippen molar-refractivity contribution in [2.24, 2.45) is 0 Å². The first kappa shape index (κ1) is 10.2. The molecule has 1 aliphatic rings. The summed E-state index contributed by atoms with van der Waals surface area (Å²) in [7, 11) is 0. The standard InChI is InChI=1S/C21H12/c1-3-13-7-8-15-10-12-9-14-4-2-5-16-17(6-1)20(13)21(15)18(11-12)19(14)16/h1-9,11H,10H2. The highest BCUT2D eigenvalue weighted by Crippen LogP contribution is 2.44. The molecule has 0 heterocycles. The maximum Gasteiger partial charge on any atom is -0.00189 e. The van der Waals surface area contributed by atoms with E-state index in [2.05, 4.69) is 60.7 Å². The quantitative estimate of drug-likeness (QED) is 0.246. The van der Waals surface area contributed by atoms with Crippen molar-refractivity contribution in [3.8, 4) is 0 Å². The van der Waals surface area contributed by atoms with Crippen molar-refractivity contribution in [2.45, 2.75) is 6.42 Å². The Morgan fingerprint density at radius 1 is 0.571 bits per heavy atom. The molecule has 0 spiro atoms. The maximum absolute atomic E-state index is 2.41. The van der Waals surface area contributed by atoms with Crippen LogP contribution < -0.4 is 0 Å². The van der Waals surface area contributed by atoms with Gasteiger partial charge in [0.15, 0.2) is 0 Å². The summed E-state index contributed by atoms with van der Waals surface area (Å²) >= 11 is 0. The van der Waals surface area contributed by atoms with Gasteiger partial charge in [-0.15, -0.1) is 0 Å². The van der Waals surface area contributed by atoms with Gasteiger partial charge in [-0.1, -0.05) is 60.7 Å². The van der Waals surface area contributed by atoms with E-state index in [0.29, 0.717) is 0 Å². The van der Waals surface area contributed by atoms with Gasteiger partial charge in [0.05, 0.1) is 0 Å². The van der Waals surface area contributed by atoms with E-state index in [1.54, 1.807) is 0 Å². The van der Waals surface area contributed by atoms with Gasteiger partial charge in [-0.25, -0.2) is 0 Å². The van der Waals surface area contributed by atoms with Crippen molar-refractivity contribution < 1.29 is 0 Å². The van der Waals surface area contributed by atoms with E-state index < -0.39 is 0 Å². The molecular weight excluding hydrogens is 252 g/mol. The molecule has 0 aliphatic heterocycles. The van der Waals surface area contributed by atoms with Gasteiger partial charge in [0.25, 0.3) is 0 Å². The molecule has 0 radical (unpaired) electrons. The van der Waals surface area contributed by atoms with Crippen LogP contribution in [0.4, 0.5) is 0 Å². The average molecular weight is 264 g/mol. The second-order valence-electron chi connectivity index (χ2n) is 6.23. The van der Waals surface area contributed by atoms with Crippen molar-refractivity contribution >= 4 is 43.1 Å². The van der Waals surface area contributed by atoms with Crippen LogP contribution in [0.5, 0.6) is 0 Å². The predicted molar refractivity (Wildman–Crippen MR) is 90.5 cm³/mol. The molecule has 0 fully saturated rings. The van der Waals surface area contributed by atoms with Crippen molar-refractivity contribution in [3.63, 3.8) is 0 Å². The number of benzene rings is 5. The lowest BCUT2D eigenvalue weighted by molar-refractivity contribution is 1.22. The fourth-order valence-corrected chi connectivity index (χ4v) is 4.34. The summed E-state index contributed by atoms with van der Waals surface area (Å²) in [5.41, 5.74) is 2.93. The highest BCUT2D eigenvalue weighted by Gasteiger charge is 2.19. The molecule has 0 N–H and O–H groups in total. The fourth-order valence-electron chi connectivity index (χ4n) is 4.34. The second kappa shape index (κ2) is 3.17. The number of rotatable bonds is 0. The Balaban J connectivity index is 2.18. The summed E-state index contributed by atoms with van der Waals surface area (Å²) in [6.07, 6.45) is 1.06. The van der Waals surface area contributed by atoms with Crippen LogP contribution in [0.1, 0.15) is 11.1 Å². The van der Waals surface area contributed by atoms with Crippen molar-refractivity contribution in [3.05, 3.63) is 71.8 Å². The summed E-state index contributed by atoms with van der Waals surface area (Å²) < 4.78 is 0. The molecule has 0 saturated carbocycles. The van der Waals surface area contributed by atoms with Crippen LogP contribution >= 0.6 is 0 Å². The zero-order chi connectivity index (χ0) is 13.6. The zero-order valence-corrected chi connectivity index (χ0v) is 11.5. The van der Waals surface area contributed by atoms with Crippen molar-refractivity contribution in [1.82, 2.24) is 0 Å². The van der Waals surface area contributed by atoms with Crippen LogP contribution in [0.2, 0.25) is 0 Å². The Kier molecular flexibility index (Phi) is 1.54. The van der Waals surface area contributed by atoms with Crippen LogP contribution in [-0.2, 0) is 6.42 Å². The number of hydrogen-bond donors (Lipinski definition) is 0. The largest absolute Gasteiger partial charge is 0.0610 e. The van der Waals surface area contributed by atoms with Crippen LogP contribution in [0.15, 0.2) is 60.7 Å². The van der Waals surface area contributed by atoms with Crippen LogP contribution in [0.25, 0.3) is 43.1 Å². The van der Waals surface area contributed by atoms with E-state index >= 15 is 0 Å². The van der Waals surface area contributed by atoms with Gasteiger partial charge in [0, 0.05) is 0 Å². The van der Waals surface area contributed by atoms with Gasteiger partial charge >= 0.3 is 0 Å². The summed E-state index contributed by atoms with van der Waals surface area (Å²) in [5, 5.41) is 11.4. The summed E-state index contributed by atoms with van der Waals surface area (Å²) in [6.45, 7) is 0. The molecule has 1 aliphatic carbocycles. The first-order valence-corrected chi connectivity index (χ1v) is 7.51. The Hall–Kier alpha value is -2.60. The molecule has 0 nitrogen and oxygen atoms in total. The van der Waals surface area contributed by atoms with E-state index in [1.165, 1.54) is 54.2 Å². The Labute approximate surface area is 121 Å². The lowest BCUT2D eigenvalue weighted by Crippen LogP contribution is -1.99. The minimum Gasteiger partial charge on any atom is -0.0610 e. The van der Waals surface area contributed by atoms with Gasteiger partial charge in [-0.05, 0) is 60.6 Å². The first-order valence-electron chi connectivity index (χ1n) is 7.51. The summed E-state index contributed by atoms with van der Waals surface area (Å²) in [5.74, 6) is 0. The van der Waals surface area contributed by atoms with Gasteiger partial charge in [-0.3, -0.25) is 0 Å². The average Bonchev–Trinajstić information content (AvgIpc) is 2.53. The second-order valence-corrected chi connectivity index (χ2v) is 6.23. The lowest BCUT2D eigenvalue weighted by atomic mass is 9.82. The van der Waals surface area contributed by atoms with Crippen LogP contribution in [0.3, 0.4) is 0 Å². The molecule has 0 saturated heterocycles. The molecule has 5 aromatic rings. The third-order valence-corrected chi connectivity index (χ3v) is 5.12. The third-order valence-electron chi connectivity index (χ3n) is 5.12. The van der Waals surface area contributed by atoms with E-state index in [0.717, 1.165) is 6.42 Å². The SMILES string of the molecule is c1cc2cc3cc4c5c(ccc6cccc(c(c1)c24)c65)C3. The predicted octanol–water partition coefficient (Wildman–Crippen LogP) is 5.64. The van der Waals surface area contributed by atoms with Gasteiger partial charge < -0.3 is 0 Å². The number of fused-ring (bicyclic) bond motifs is 2. The maximum atomic E-state index is 2.41. The van der Waals surface area contributed by atoms with Gasteiger partial charge in [0.2, 0.25) is 0 Å². The summed E-state index contributed by atoms with van der Waals surface area (Å²) in [4.78, 5) is 0. The van der Waals surface area contributed by atoms with Crippen LogP contribution in [0, 0.1) is 0 Å². The monoisotopic (exact) mass is 264 g/mol. The first-order chi connectivity index (χ1) is 10.4. The Bertz CT molecular complexity index is 1190. The number of hydrogen-bond acceptors (Lipinski definition) is 0. The topological polar surface area (TPSA) is 0 Å². The Morgan fingerprint density at radius 3 is 2.29 bits per heavy atom. The molecule has 96 valence electrons. The summed E-state index contributed by atoms with van der Waals surface area (Å²) in [6, 6.07) is 22.8. The normalized spacial score (nSPS) is 13.5. The minimum absolute atomic E-state index is 1.06. The molecule has 0 unspecified atom stereocenters. The molecule has 0 heteroatoms. The van der Waals surface area contributed by atoms with E-state index in [4.69, 9.17) is 0 Å². The molecule has 5 aromatic carbocycles. The molecular formula is C21H12. The Morgan fingerprint density at radius 2 is 1.38 bits per heavy atom. The highest BCUT2D eigenvalue weighted by atomic mass is 14.2. The molecule has 0 amide bonds.